The summed E-state index contributed by atoms with van der Waals surface area (Å²) in [5, 5.41) is 2.31. The minimum Gasteiger partial charge on any atom is -0.379 e. The van der Waals surface area contributed by atoms with Crippen molar-refractivity contribution in [2.45, 2.75) is 18.7 Å². The second kappa shape index (κ2) is 9.23. The van der Waals surface area contributed by atoms with Gasteiger partial charge in [-0.1, -0.05) is 36.4 Å². The maximum atomic E-state index is 13.4. The van der Waals surface area contributed by atoms with Crippen LogP contribution in [-0.2, 0) is 19.6 Å². The molecule has 0 radical (unpaired) electrons. The van der Waals surface area contributed by atoms with Crippen LogP contribution in [0.1, 0.15) is 22.5 Å². The third-order valence-electron chi connectivity index (χ3n) is 7.54. The lowest BCUT2D eigenvalue weighted by atomic mass is 10.0. The summed E-state index contributed by atoms with van der Waals surface area (Å²) in [4.78, 5) is 15.1. The zero-order valence-corrected chi connectivity index (χ0v) is 22.5. The minimum absolute atomic E-state index is 0.157. The average molecular weight is 528 g/mol. The molecule has 0 atom stereocenters. The summed E-state index contributed by atoms with van der Waals surface area (Å²) in [5.41, 5.74) is 5.87. The molecule has 194 valence electrons. The van der Waals surface area contributed by atoms with Gasteiger partial charge >= 0.3 is 0 Å². The van der Waals surface area contributed by atoms with Crippen molar-refractivity contribution in [1.29, 1.82) is 0 Å². The van der Waals surface area contributed by atoms with Crippen molar-refractivity contribution < 1.29 is 17.9 Å². The lowest BCUT2D eigenvalue weighted by Crippen LogP contribution is -2.40. The van der Waals surface area contributed by atoms with Gasteiger partial charge in [0.25, 0.3) is 5.91 Å². The first-order valence-corrected chi connectivity index (χ1v) is 14.1. The topological polar surface area (TPSA) is 71.8 Å². The number of likely N-dealkylation sites (N-methyl/N-ethyl adjacent to an activating group) is 1. The number of aryl methyl sites for hydroxylation is 1. The van der Waals surface area contributed by atoms with Crippen LogP contribution < -0.4 is 4.90 Å². The summed E-state index contributed by atoms with van der Waals surface area (Å²) in [6.07, 6.45) is 1.89. The molecule has 7 nitrogen and oxygen atoms in total. The summed E-state index contributed by atoms with van der Waals surface area (Å²) in [6.45, 7) is 5.50. The number of benzene rings is 3. The van der Waals surface area contributed by atoms with Gasteiger partial charge in [-0.25, -0.2) is 8.42 Å². The molecule has 0 saturated carbocycles. The molecule has 3 aromatic carbocycles. The maximum absolute atomic E-state index is 13.4. The van der Waals surface area contributed by atoms with Gasteiger partial charge in [-0.05, 0) is 61.2 Å². The van der Waals surface area contributed by atoms with Crippen LogP contribution in [0.3, 0.4) is 0 Å². The highest BCUT2D eigenvalue weighted by Crippen LogP contribution is 2.39. The van der Waals surface area contributed by atoms with Gasteiger partial charge in [0.2, 0.25) is 10.0 Å². The molecule has 2 aliphatic rings. The van der Waals surface area contributed by atoms with Gasteiger partial charge in [-0.15, -0.1) is 0 Å². The van der Waals surface area contributed by atoms with Crippen molar-refractivity contribution in [2.75, 3.05) is 38.3 Å². The van der Waals surface area contributed by atoms with E-state index in [9.17, 15) is 13.2 Å². The average Bonchev–Trinajstić information content (AvgIpc) is 3.35. The molecular formula is C30H29N3O4S. The van der Waals surface area contributed by atoms with E-state index in [2.05, 4.69) is 47.9 Å². The van der Waals surface area contributed by atoms with Gasteiger partial charge in [0.1, 0.15) is 0 Å². The number of fused-ring (bicyclic) bond motifs is 2. The van der Waals surface area contributed by atoms with E-state index in [1.54, 1.807) is 30.1 Å². The number of anilines is 1. The number of hydrogen-bond acceptors (Lipinski definition) is 4. The molecule has 8 heteroatoms. The fourth-order valence-corrected chi connectivity index (χ4v) is 6.96. The lowest BCUT2D eigenvalue weighted by Gasteiger charge is -2.26. The van der Waals surface area contributed by atoms with Gasteiger partial charge in [-0.2, -0.15) is 4.31 Å². The molecule has 0 bridgehead atoms. The number of sulfonamides is 1. The van der Waals surface area contributed by atoms with Crippen LogP contribution >= 0.6 is 0 Å². The van der Waals surface area contributed by atoms with E-state index in [4.69, 9.17) is 4.74 Å². The fourth-order valence-electron chi connectivity index (χ4n) is 5.53. The number of carbonyl (C=O) groups is 1. The maximum Gasteiger partial charge on any atom is 0.258 e. The molecule has 3 heterocycles. The van der Waals surface area contributed by atoms with E-state index < -0.39 is 10.0 Å². The zero-order valence-electron chi connectivity index (χ0n) is 21.6. The molecule has 2 aliphatic heterocycles. The van der Waals surface area contributed by atoms with E-state index in [1.807, 2.05) is 25.1 Å². The van der Waals surface area contributed by atoms with Gasteiger partial charge in [-0.3, -0.25) is 4.79 Å². The second-order valence-corrected chi connectivity index (χ2v) is 11.7. The van der Waals surface area contributed by atoms with Crippen LogP contribution in [0.5, 0.6) is 0 Å². The Hall–Kier alpha value is -3.72. The molecule has 0 N–H and O–H groups in total. The van der Waals surface area contributed by atoms with Crippen molar-refractivity contribution in [3.05, 3.63) is 89.2 Å². The first-order valence-electron chi connectivity index (χ1n) is 12.7. The number of nitrogens with zero attached hydrogens (tertiary/aromatic N) is 3. The molecule has 0 unspecified atom stereocenters. The number of ether oxygens (including phenoxy) is 1. The first kappa shape index (κ1) is 24.6. The number of hydrogen-bond donors (Lipinski definition) is 0. The normalized spacial score (nSPS) is 17.5. The Bertz CT molecular complexity index is 1720. The smallest absolute Gasteiger partial charge is 0.258 e. The van der Waals surface area contributed by atoms with Crippen molar-refractivity contribution in [3.63, 3.8) is 0 Å². The molecule has 6 rings (SSSR count). The largest absolute Gasteiger partial charge is 0.379 e. The molecule has 1 amide bonds. The van der Waals surface area contributed by atoms with E-state index in [1.165, 1.54) is 4.31 Å². The van der Waals surface area contributed by atoms with Crippen LogP contribution in [0.15, 0.2) is 71.6 Å². The third-order valence-corrected chi connectivity index (χ3v) is 9.43. The lowest BCUT2D eigenvalue weighted by molar-refractivity contribution is -0.112. The Morgan fingerprint density at radius 2 is 1.63 bits per heavy atom. The molecule has 1 aromatic heterocycles. The van der Waals surface area contributed by atoms with Gasteiger partial charge in [0.15, 0.2) is 0 Å². The highest BCUT2D eigenvalue weighted by atomic mass is 32.2. The minimum atomic E-state index is -3.69. The summed E-state index contributed by atoms with van der Waals surface area (Å²) >= 11 is 0. The Labute approximate surface area is 222 Å². The van der Waals surface area contributed by atoms with E-state index in [0.29, 0.717) is 43.1 Å². The van der Waals surface area contributed by atoms with Gasteiger partial charge in [0, 0.05) is 48.0 Å². The van der Waals surface area contributed by atoms with E-state index >= 15 is 0 Å². The van der Waals surface area contributed by atoms with Gasteiger partial charge in [0.05, 0.1) is 29.5 Å². The Balaban J connectivity index is 1.45. The second-order valence-electron chi connectivity index (χ2n) is 9.78. The molecule has 0 aliphatic carbocycles. The van der Waals surface area contributed by atoms with Crippen LogP contribution in [0, 0.1) is 13.8 Å². The summed E-state index contributed by atoms with van der Waals surface area (Å²) in [5.74, 6) is -0.157. The summed E-state index contributed by atoms with van der Waals surface area (Å²) in [7, 11) is -1.97. The van der Waals surface area contributed by atoms with Crippen LogP contribution in [0.25, 0.3) is 28.1 Å². The van der Waals surface area contributed by atoms with Crippen molar-refractivity contribution in [3.8, 4) is 5.69 Å². The Morgan fingerprint density at radius 3 is 2.42 bits per heavy atom. The fraction of sp³-hybridized carbons (Fsp3) is 0.233. The molecule has 4 aromatic rings. The highest BCUT2D eigenvalue weighted by molar-refractivity contribution is 7.89. The number of aromatic nitrogens is 1. The predicted molar refractivity (Wildman–Crippen MR) is 150 cm³/mol. The summed E-state index contributed by atoms with van der Waals surface area (Å²) < 4.78 is 35.6. The van der Waals surface area contributed by atoms with Crippen molar-refractivity contribution >= 4 is 44.0 Å². The van der Waals surface area contributed by atoms with Crippen LogP contribution in [0.4, 0.5) is 5.69 Å². The SMILES string of the molecule is Cc1cc(/C=C2\C(=O)N(C)c3ccc(S(=O)(=O)N4CCOCC4)cc32)c(C)n1-c1cccc2ccccc12. The standard InChI is InChI=1S/C30H29N3O4S/c1-20-17-23(21(2)33(20)29-10-6-8-22-7-4-5-9-25(22)29)18-27-26-19-24(11-12-28(26)31(3)30(27)34)38(35,36)32-13-15-37-16-14-32/h4-12,17-19H,13-16H2,1-3H3/b27-18-. The van der Waals surface area contributed by atoms with Crippen molar-refractivity contribution in [1.82, 2.24) is 8.87 Å². The molecule has 38 heavy (non-hydrogen) atoms. The molecular weight excluding hydrogens is 498 g/mol. The Morgan fingerprint density at radius 1 is 0.895 bits per heavy atom. The van der Waals surface area contributed by atoms with Crippen molar-refractivity contribution in [2.24, 2.45) is 0 Å². The molecule has 1 fully saturated rings. The molecule has 0 spiro atoms. The number of amides is 1. The number of rotatable bonds is 4. The summed E-state index contributed by atoms with van der Waals surface area (Å²) in [6, 6.07) is 21.6. The van der Waals surface area contributed by atoms with Crippen LogP contribution in [-0.4, -0.2) is 56.5 Å². The molecule has 1 saturated heterocycles. The number of carbonyl (C=O) groups excluding carboxylic acids is 1. The first-order chi connectivity index (χ1) is 18.3. The highest BCUT2D eigenvalue weighted by Gasteiger charge is 2.33. The third kappa shape index (κ3) is 3.88. The van der Waals surface area contributed by atoms with E-state index in [0.717, 1.165) is 33.4 Å². The number of morpholine rings is 1. The van der Waals surface area contributed by atoms with Crippen LogP contribution in [0.2, 0.25) is 0 Å². The zero-order chi connectivity index (χ0) is 26.6. The monoisotopic (exact) mass is 527 g/mol. The quantitative estimate of drug-likeness (QED) is 0.358. The van der Waals surface area contributed by atoms with E-state index in [-0.39, 0.29) is 10.8 Å². The van der Waals surface area contributed by atoms with Gasteiger partial charge < -0.3 is 14.2 Å². The Kier molecular flexibility index (Phi) is 5.98. The predicted octanol–water partition coefficient (Wildman–Crippen LogP) is 4.79.